The number of aromatic amines is 1. The summed E-state index contributed by atoms with van der Waals surface area (Å²) >= 11 is 0. The number of H-pyrrole nitrogens is 1. The fraction of sp³-hybridized carbons (Fsp3) is 0.562. The second kappa shape index (κ2) is 6.64. The van der Waals surface area contributed by atoms with Gasteiger partial charge in [-0.1, -0.05) is 0 Å². The first-order chi connectivity index (χ1) is 11.1. The van der Waals surface area contributed by atoms with Crippen LogP contribution >= 0.6 is 0 Å². The van der Waals surface area contributed by atoms with Gasteiger partial charge in [0.15, 0.2) is 0 Å². The summed E-state index contributed by atoms with van der Waals surface area (Å²) in [5.41, 5.74) is 1.15. The first kappa shape index (κ1) is 15.9. The number of piperidine rings is 1. The van der Waals surface area contributed by atoms with E-state index >= 15 is 0 Å². The molecule has 1 fully saturated rings. The van der Waals surface area contributed by atoms with Gasteiger partial charge in [0.1, 0.15) is 17.7 Å². The molecule has 1 atom stereocenters. The van der Waals surface area contributed by atoms with Crippen molar-refractivity contribution in [2.75, 3.05) is 26.7 Å². The monoisotopic (exact) mass is 317 g/mol. The topological polar surface area (TPSA) is 85.3 Å². The van der Waals surface area contributed by atoms with E-state index in [-0.39, 0.29) is 12.0 Å². The molecule has 7 heteroatoms. The highest BCUT2D eigenvalue weighted by Crippen LogP contribution is 2.20. The number of fused-ring (bicyclic) bond motifs is 1. The van der Waals surface area contributed by atoms with Gasteiger partial charge in [0.2, 0.25) is 0 Å². The van der Waals surface area contributed by atoms with E-state index in [0.29, 0.717) is 37.0 Å². The molecule has 3 rings (SSSR count). The van der Waals surface area contributed by atoms with Crippen LogP contribution in [0.2, 0.25) is 0 Å². The average Bonchev–Trinajstić information content (AvgIpc) is 3.02. The molecule has 3 heterocycles. The Bertz CT molecular complexity index is 676. The fourth-order valence-electron chi connectivity index (χ4n) is 3.27. The highest BCUT2D eigenvalue weighted by Gasteiger charge is 2.27. The van der Waals surface area contributed by atoms with Gasteiger partial charge in [0, 0.05) is 31.9 Å². The van der Waals surface area contributed by atoms with Crippen LogP contribution in [-0.2, 0) is 0 Å². The minimum atomic E-state index is -0.331. The maximum atomic E-state index is 12.7. The minimum absolute atomic E-state index is 0.0337. The van der Waals surface area contributed by atoms with Crippen molar-refractivity contribution in [1.29, 1.82) is 0 Å². The van der Waals surface area contributed by atoms with E-state index in [1.807, 2.05) is 18.0 Å². The van der Waals surface area contributed by atoms with Gasteiger partial charge >= 0.3 is 0 Å². The quantitative estimate of drug-likeness (QED) is 0.874. The maximum absolute atomic E-state index is 12.7. The lowest BCUT2D eigenvalue weighted by molar-refractivity contribution is 0.0574. The van der Waals surface area contributed by atoms with Gasteiger partial charge < -0.3 is 19.9 Å². The summed E-state index contributed by atoms with van der Waals surface area (Å²) in [4.78, 5) is 28.1. The molecule has 0 aliphatic carbocycles. The zero-order valence-electron chi connectivity index (χ0n) is 13.6. The third-order valence-corrected chi connectivity index (χ3v) is 4.48. The number of carbonyl (C=O) groups is 1. The molecule has 7 nitrogen and oxygen atoms in total. The summed E-state index contributed by atoms with van der Waals surface area (Å²) in [5.74, 6) is -0.0337. The number of hydrogen-bond donors (Lipinski definition) is 2. The lowest BCUT2D eigenvalue weighted by Gasteiger charge is -2.37. The lowest BCUT2D eigenvalue weighted by atomic mass is 10.0. The number of aliphatic hydroxyl groups excluding tert-OH is 1. The summed E-state index contributed by atoms with van der Waals surface area (Å²) in [6, 6.07) is 2.25. The molecule has 124 valence electrons. The first-order valence-electron chi connectivity index (χ1n) is 8.02. The lowest BCUT2D eigenvalue weighted by Crippen LogP contribution is -2.47. The molecule has 0 aromatic carbocycles. The third kappa shape index (κ3) is 3.35. The number of rotatable bonds is 4. The molecule has 0 bridgehead atoms. The van der Waals surface area contributed by atoms with E-state index in [1.165, 1.54) is 6.33 Å². The van der Waals surface area contributed by atoms with Crippen LogP contribution in [0.4, 0.5) is 0 Å². The predicted molar refractivity (Wildman–Crippen MR) is 87.1 cm³/mol. The largest absolute Gasteiger partial charge is 0.392 e. The van der Waals surface area contributed by atoms with Crippen LogP contribution in [-0.4, -0.2) is 74.6 Å². The summed E-state index contributed by atoms with van der Waals surface area (Å²) in [6.07, 6.45) is 4.69. The number of likely N-dealkylation sites (N-methyl/N-ethyl adjacent to an activating group) is 1. The molecule has 1 aliphatic rings. The smallest absolute Gasteiger partial charge is 0.273 e. The molecular formula is C16H23N5O2. The molecule has 1 amide bonds. The van der Waals surface area contributed by atoms with Crippen molar-refractivity contribution in [3.8, 4) is 0 Å². The molecule has 0 radical (unpaired) electrons. The highest BCUT2D eigenvalue weighted by atomic mass is 16.3. The second-order valence-corrected chi connectivity index (χ2v) is 6.27. The van der Waals surface area contributed by atoms with Gasteiger partial charge in [0.25, 0.3) is 5.91 Å². The molecule has 0 unspecified atom stereocenters. The molecule has 1 saturated heterocycles. The zero-order valence-corrected chi connectivity index (χ0v) is 13.6. The van der Waals surface area contributed by atoms with E-state index < -0.39 is 0 Å². The number of amides is 1. The van der Waals surface area contributed by atoms with Crippen molar-refractivity contribution in [1.82, 2.24) is 24.8 Å². The van der Waals surface area contributed by atoms with Crippen LogP contribution in [0.3, 0.4) is 0 Å². The second-order valence-electron chi connectivity index (χ2n) is 6.27. The van der Waals surface area contributed by atoms with Crippen LogP contribution < -0.4 is 0 Å². The summed E-state index contributed by atoms with van der Waals surface area (Å²) < 4.78 is 0. The van der Waals surface area contributed by atoms with E-state index in [0.717, 1.165) is 18.2 Å². The molecular weight excluding hydrogens is 294 g/mol. The van der Waals surface area contributed by atoms with E-state index in [1.54, 1.807) is 13.1 Å². The van der Waals surface area contributed by atoms with Crippen LogP contribution in [0.15, 0.2) is 18.6 Å². The molecule has 0 spiro atoms. The van der Waals surface area contributed by atoms with Crippen LogP contribution in [0.25, 0.3) is 11.0 Å². The Labute approximate surface area is 135 Å². The Hall–Kier alpha value is -1.99. The van der Waals surface area contributed by atoms with Crippen LogP contribution in [0, 0.1) is 0 Å². The highest BCUT2D eigenvalue weighted by molar-refractivity contribution is 6.03. The van der Waals surface area contributed by atoms with Crippen LogP contribution in [0.1, 0.15) is 30.3 Å². The zero-order chi connectivity index (χ0) is 16.4. The number of aliphatic hydroxyl groups is 1. The average molecular weight is 317 g/mol. The molecule has 23 heavy (non-hydrogen) atoms. The Morgan fingerprint density at radius 1 is 1.48 bits per heavy atom. The van der Waals surface area contributed by atoms with Gasteiger partial charge in [-0.3, -0.25) is 4.79 Å². The molecule has 0 saturated carbocycles. The van der Waals surface area contributed by atoms with Gasteiger partial charge in [-0.15, -0.1) is 0 Å². The predicted octanol–water partition coefficient (Wildman–Crippen LogP) is 0.875. The molecule has 2 N–H and O–H groups in total. The van der Waals surface area contributed by atoms with Gasteiger partial charge in [-0.05, 0) is 32.9 Å². The fourth-order valence-corrected chi connectivity index (χ4v) is 3.27. The van der Waals surface area contributed by atoms with Crippen molar-refractivity contribution in [2.45, 2.75) is 31.9 Å². The van der Waals surface area contributed by atoms with E-state index in [9.17, 15) is 9.90 Å². The number of nitrogens with one attached hydrogen (secondary N) is 1. The number of carbonyl (C=O) groups excluding carboxylic acids is 1. The summed E-state index contributed by atoms with van der Waals surface area (Å²) in [5, 5.41) is 10.3. The minimum Gasteiger partial charge on any atom is -0.392 e. The molecule has 2 aromatic heterocycles. The van der Waals surface area contributed by atoms with Gasteiger partial charge in [-0.25, -0.2) is 9.97 Å². The van der Waals surface area contributed by atoms with Gasteiger partial charge in [0.05, 0.1) is 11.5 Å². The summed E-state index contributed by atoms with van der Waals surface area (Å²) in [6.45, 7) is 3.88. The Kier molecular flexibility index (Phi) is 4.58. The number of likely N-dealkylation sites (tertiary alicyclic amines) is 1. The van der Waals surface area contributed by atoms with Crippen molar-refractivity contribution in [3.63, 3.8) is 0 Å². The van der Waals surface area contributed by atoms with Crippen molar-refractivity contribution in [2.24, 2.45) is 0 Å². The van der Waals surface area contributed by atoms with Crippen LogP contribution in [0.5, 0.6) is 0 Å². The standard InChI is InChI=1S/C16H23N5O2/c1-11(22)9-20(2)12-4-7-21(8-5-12)16(23)14-13-3-6-17-15(13)19-10-18-14/h3,6,10-12,22H,4-5,7-9H2,1-2H3,(H,17,18,19)/t11-/m0/s1. The van der Waals surface area contributed by atoms with E-state index in [2.05, 4.69) is 19.9 Å². The summed E-state index contributed by atoms with van der Waals surface area (Å²) in [7, 11) is 2.03. The van der Waals surface area contributed by atoms with E-state index in [4.69, 9.17) is 0 Å². The van der Waals surface area contributed by atoms with Gasteiger partial charge in [-0.2, -0.15) is 0 Å². The number of nitrogens with zero attached hydrogens (tertiary/aromatic N) is 4. The molecule has 2 aromatic rings. The Morgan fingerprint density at radius 2 is 2.22 bits per heavy atom. The number of hydrogen-bond acceptors (Lipinski definition) is 5. The Balaban J connectivity index is 1.66. The normalized spacial score (nSPS) is 17.8. The van der Waals surface area contributed by atoms with Crippen molar-refractivity contribution >= 4 is 16.9 Å². The molecule has 1 aliphatic heterocycles. The Morgan fingerprint density at radius 3 is 2.91 bits per heavy atom. The van der Waals surface area contributed by atoms with Crippen molar-refractivity contribution in [3.05, 3.63) is 24.3 Å². The SMILES string of the molecule is C[C@H](O)CN(C)C1CCN(C(=O)c2ncnc3[nH]ccc23)CC1. The number of aromatic nitrogens is 3. The maximum Gasteiger partial charge on any atom is 0.273 e. The third-order valence-electron chi connectivity index (χ3n) is 4.48. The van der Waals surface area contributed by atoms with Crippen molar-refractivity contribution < 1.29 is 9.90 Å². The first-order valence-corrected chi connectivity index (χ1v) is 8.02.